The van der Waals surface area contributed by atoms with Gasteiger partial charge in [-0.1, -0.05) is 12.1 Å². The first-order chi connectivity index (χ1) is 21.2. The van der Waals surface area contributed by atoms with Crippen molar-refractivity contribution in [1.82, 2.24) is 29.7 Å². The monoisotopic (exact) mass is 610 g/mol. The first kappa shape index (κ1) is 31.2. The van der Waals surface area contributed by atoms with E-state index in [0.29, 0.717) is 55.3 Å². The third-order valence-electron chi connectivity index (χ3n) is 7.47. The first-order valence-electron chi connectivity index (χ1n) is 14.4. The number of aliphatic hydroxyl groups excluding tert-OH is 2. The van der Waals surface area contributed by atoms with Gasteiger partial charge in [-0.15, -0.1) is 0 Å². The SMILES string of the molecule is CC(C)N(CCCNC(=O)Nc1ccc(F)cc1)C[C@H]1O[C@@H](n2cnc3c(NCc4cccc(F)c4)ncnc32)[C@H](O)[C@@H]1O. The molecule has 2 amide bonds. The molecular weight excluding hydrogens is 574 g/mol. The second kappa shape index (κ2) is 14.0. The van der Waals surface area contributed by atoms with E-state index in [1.54, 1.807) is 16.7 Å². The summed E-state index contributed by atoms with van der Waals surface area (Å²) < 4.78 is 34.4. The van der Waals surface area contributed by atoms with Crippen LogP contribution in [0.3, 0.4) is 0 Å². The van der Waals surface area contributed by atoms with Crippen LogP contribution < -0.4 is 16.0 Å². The van der Waals surface area contributed by atoms with Crippen molar-refractivity contribution in [1.29, 1.82) is 0 Å². The number of aromatic nitrogens is 4. The predicted molar refractivity (Wildman–Crippen MR) is 160 cm³/mol. The van der Waals surface area contributed by atoms with Gasteiger partial charge in [0.25, 0.3) is 0 Å². The predicted octanol–water partition coefficient (Wildman–Crippen LogP) is 3.26. The summed E-state index contributed by atoms with van der Waals surface area (Å²) in [6.45, 7) is 5.69. The maximum atomic E-state index is 13.6. The maximum Gasteiger partial charge on any atom is 0.319 e. The summed E-state index contributed by atoms with van der Waals surface area (Å²) in [6, 6.07) is 11.4. The van der Waals surface area contributed by atoms with E-state index >= 15 is 0 Å². The lowest BCUT2D eigenvalue weighted by Gasteiger charge is -2.30. The number of fused-ring (bicyclic) bond motifs is 1. The zero-order chi connectivity index (χ0) is 31.2. The Balaban J connectivity index is 1.17. The number of nitrogens with one attached hydrogen (secondary N) is 3. The summed E-state index contributed by atoms with van der Waals surface area (Å²) in [5.41, 5.74) is 2.07. The number of hydrogen-bond acceptors (Lipinski definition) is 9. The highest BCUT2D eigenvalue weighted by molar-refractivity contribution is 5.89. The lowest BCUT2D eigenvalue weighted by atomic mass is 10.1. The molecule has 12 nitrogen and oxygen atoms in total. The van der Waals surface area contributed by atoms with Crippen molar-refractivity contribution in [3.63, 3.8) is 0 Å². The second-order valence-corrected chi connectivity index (χ2v) is 10.9. The summed E-state index contributed by atoms with van der Waals surface area (Å²) in [5.74, 6) is -0.276. The highest BCUT2D eigenvalue weighted by Gasteiger charge is 2.45. The number of carbonyl (C=O) groups is 1. The number of halogens is 2. The molecule has 0 radical (unpaired) electrons. The van der Waals surface area contributed by atoms with Gasteiger partial charge in [0.2, 0.25) is 0 Å². The van der Waals surface area contributed by atoms with Crippen molar-refractivity contribution in [3.8, 4) is 0 Å². The molecular formula is C30H36F2N8O4. The van der Waals surface area contributed by atoms with Crippen LogP contribution in [0.4, 0.5) is 25.1 Å². The van der Waals surface area contributed by atoms with Crippen LogP contribution in [0.15, 0.2) is 61.2 Å². The molecule has 14 heteroatoms. The van der Waals surface area contributed by atoms with Crippen molar-refractivity contribution in [2.45, 2.75) is 57.4 Å². The van der Waals surface area contributed by atoms with Gasteiger partial charge in [-0.2, -0.15) is 0 Å². The van der Waals surface area contributed by atoms with Gasteiger partial charge >= 0.3 is 6.03 Å². The molecule has 4 aromatic rings. The van der Waals surface area contributed by atoms with Gasteiger partial charge in [0.1, 0.15) is 36.3 Å². The zero-order valence-electron chi connectivity index (χ0n) is 24.4. The lowest BCUT2D eigenvalue weighted by molar-refractivity contribution is -0.0468. The molecule has 0 saturated carbocycles. The fraction of sp³-hybridized carbons (Fsp3) is 0.400. The fourth-order valence-corrected chi connectivity index (χ4v) is 5.09. The summed E-state index contributed by atoms with van der Waals surface area (Å²) in [4.78, 5) is 27.3. The average Bonchev–Trinajstić information content (AvgIpc) is 3.55. The van der Waals surface area contributed by atoms with E-state index in [1.165, 1.54) is 49.1 Å². The van der Waals surface area contributed by atoms with Crippen molar-refractivity contribution in [3.05, 3.63) is 78.4 Å². The first-order valence-corrected chi connectivity index (χ1v) is 14.4. The van der Waals surface area contributed by atoms with Gasteiger partial charge in [0.05, 0.1) is 6.33 Å². The topological polar surface area (TPSA) is 150 Å². The quantitative estimate of drug-likeness (QED) is 0.152. The number of aliphatic hydroxyl groups is 2. The lowest BCUT2D eigenvalue weighted by Crippen LogP contribution is -2.44. The minimum absolute atomic E-state index is 0.101. The van der Waals surface area contributed by atoms with E-state index in [0.717, 1.165) is 5.56 Å². The van der Waals surface area contributed by atoms with Gasteiger partial charge in [-0.05, 0) is 62.2 Å². The highest BCUT2D eigenvalue weighted by Crippen LogP contribution is 2.33. The Labute approximate surface area is 253 Å². The van der Waals surface area contributed by atoms with Gasteiger partial charge in [0.15, 0.2) is 23.2 Å². The number of urea groups is 1. The molecule has 4 atom stereocenters. The molecule has 1 fully saturated rings. The van der Waals surface area contributed by atoms with E-state index < -0.39 is 30.6 Å². The number of imidazole rings is 1. The van der Waals surface area contributed by atoms with E-state index in [4.69, 9.17) is 4.74 Å². The number of benzene rings is 2. The average molecular weight is 611 g/mol. The van der Waals surface area contributed by atoms with E-state index in [9.17, 15) is 23.8 Å². The molecule has 0 aliphatic carbocycles. The van der Waals surface area contributed by atoms with Crippen LogP contribution in [0.5, 0.6) is 0 Å². The van der Waals surface area contributed by atoms with Crippen molar-refractivity contribution >= 4 is 28.7 Å². The Bertz CT molecular complexity index is 1550. The number of amides is 2. The summed E-state index contributed by atoms with van der Waals surface area (Å²) >= 11 is 0. The van der Waals surface area contributed by atoms with Crippen molar-refractivity contribution < 1.29 is 28.5 Å². The molecule has 5 N–H and O–H groups in total. The van der Waals surface area contributed by atoms with Crippen LogP contribution in [0.1, 0.15) is 32.1 Å². The normalized spacial score (nSPS) is 20.0. The fourth-order valence-electron chi connectivity index (χ4n) is 5.09. The molecule has 234 valence electrons. The molecule has 44 heavy (non-hydrogen) atoms. The molecule has 1 aliphatic heterocycles. The summed E-state index contributed by atoms with van der Waals surface area (Å²) in [5, 5.41) is 30.5. The Morgan fingerprint density at radius 1 is 1.07 bits per heavy atom. The largest absolute Gasteiger partial charge is 0.387 e. The number of nitrogens with zero attached hydrogens (tertiary/aromatic N) is 5. The molecule has 0 unspecified atom stereocenters. The van der Waals surface area contributed by atoms with Gasteiger partial charge < -0.3 is 30.9 Å². The van der Waals surface area contributed by atoms with Crippen LogP contribution >= 0.6 is 0 Å². The van der Waals surface area contributed by atoms with Crippen molar-refractivity contribution in [2.24, 2.45) is 0 Å². The van der Waals surface area contributed by atoms with E-state index in [-0.39, 0.29) is 17.7 Å². The maximum absolute atomic E-state index is 13.6. The Kier molecular flexibility index (Phi) is 9.95. The number of anilines is 2. The number of rotatable bonds is 12. The Morgan fingerprint density at radius 2 is 1.86 bits per heavy atom. The van der Waals surface area contributed by atoms with Crippen LogP contribution in [-0.4, -0.2) is 84.7 Å². The highest BCUT2D eigenvalue weighted by atomic mass is 19.1. The number of hydrogen-bond donors (Lipinski definition) is 5. The summed E-state index contributed by atoms with van der Waals surface area (Å²) in [7, 11) is 0. The van der Waals surface area contributed by atoms with Crippen LogP contribution in [0.2, 0.25) is 0 Å². The Hall–Kier alpha value is -4.24. The number of ether oxygens (including phenoxy) is 1. The van der Waals surface area contributed by atoms with Crippen LogP contribution in [0.25, 0.3) is 11.2 Å². The van der Waals surface area contributed by atoms with Gasteiger partial charge in [-0.25, -0.2) is 28.5 Å². The third kappa shape index (κ3) is 7.45. The standard InChI is InChI=1S/C30H36F2N8O4/c1-18(2)39(12-4-11-33-30(43)38-22-9-7-20(31)8-10-22)15-23-25(41)26(42)29(44-23)40-17-37-24-27(35-16-36-28(24)40)34-14-19-5-3-6-21(32)13-19/h3,5-10,13,16-18,23,25-26,29,41-42H,4,11-12,14-15H2,1-2H3,(H2,33,38,43)(H,34,35,36)/t23-,25-,26-,29-/m1/s1. The second-order valence-electron chi connectivity index (χ2n) is 10.9. The summed E-state index contributed by atoms with van der Waals surface area (Å²) in [6.07, 6.45) is -0.559. The van der Waals surface area contributed by atoms with Gasteiger partial charge in [0, 0.05) is 37.9 Å². The molecule has 0 spiro atoms. The van der Waals surface area contributed by atoms with Gasteiger partial charge in [-0.3, -0.25) is 9.47 Å². The minimum atomic E-state index is -1.23. The minimum Gasteiger partial charge on any atom is -0.387 e. The molecule has 2 aromatic heterocycles. The molecule has 0 bridgehead atoms. The molecule has 5 rings (SSSR count). The Morgan fingerprint density at radius 3 is 2.61 bits per heavy atom. The van der Waals surface area contributed by atoms with Crippen molar-refractivity contribution in [2.75, 3.05) is 30.3 Å². The molecule has 3 heterocycles. The molecule has 1 aliphatic rings. The zero-order valence-corrected chi connectivity index (χ0v) is 24.4. The number of carbonyl (C=O) groups excluding carboxylic acids is 1. The molecule has 1 saturated heterocycles. The van der Waals surface area contributed by atoms with E-state index in [2.05, 4.69) is 35.8 Å². The van der Waals surface area contributed by atoms with E-state index in [1.807, 2.05) is 13.8 Å². The van der Waals surface area contributed by atoms with Crippen LogP contribution in [-0.2, 0) is 11.3 Å². The van der Waals surface area contributed by atoms with Crippen LogP contribution in [0, 0.1) is 11.6 Å². The third-order valence-corrected chi connectivity index (χ3v) is 7.47. The molecule has 2 aromatic carbocycles. The smallest absolute Gasteiger partial charge is 0.319 e.